The Labute approximate surface area is 163 Å². The summed E-state index contributed by atoms with van der Waals surface area (Å²) < 4.78 is 0. The van der Waals surface area contributed by atoms with Gasteiger partial charge in [0.05, 0.1) is 0 Å². The Morgan fingerprint density at radius 2 is 1.40 bits per heavy atom. The van der Waals surface area contributed by atoms with Gasteiger partial charge in [-0.05, 0) is 41.5 Å². The predicted octanol–water partition coefficient (Wildman–Crippen LogP) is -0.0298. The van der Waals surface area contributed by atoms with Crippen LogP contribution in [0.25, 0.3) is 0 Å². The summed E-state index contributed by atoms with van der Waals surface area (Å²) in [6.07, 6.45) is 0. The molecule has 0 aliphatic heterocycles. The van der Waals surface area contributed by atoms with Crippen LogP contribution in [-0.2, 0) is 15.0 Å². The molecule has 0 saturated heterocycles. The molecule has 5 heteroatoms. The number of aryl methyl sites for hydroxylation is 2. The summed E-state index contributed by atoms with van der Waals surface area (Å²) >= 11 is 0. The molecule has 0 fully saturated rings. The summed E-state index contributed by atoms with van der Waals surface area (Å²) in [5.41, 5.74) is 3.24. The summed E-state index contributed by atoms with van der Waals surface area (Å²) in [4.78, 5) is 22.1. The van der Waals surface area contributed by atoms with Crippen molar-refractivity contribution in [2.75, 3.05) is 0 Å². The molecule has 0 heterocycles. The minimum atomic E-state index is -1.51. The second-order valence-corrected chi connectivity index (χ2v) is 5.89. The van der Waals surface area contributed by atoms with Crippen LogP contribution in [-0.4, -0.2) is 22.2 Å². The first kappa shape index (κ1) is 19.8. The van der Waals surface area contributed by atoms with E-state index in [2.05, 4.69) is 20.8 Å². The summed E-state index contributed by atoms with van der Waals surface area (Å²) in [6.45, 7) is 10.0. The van der Waals surface area contributed by atoms with Crippen LogP contribution in [0.4, 0.5) is 0 Å². The molecule has 0 amide bonds. The van der Waals surface area contributed by atoms with Gasteiger partial charge >= 0.3 is 63.3 Å². The van der Waals surface area contributed by atoms with Gasteiger partial charge in [0.25, 0.3) is 0 Å². The maximum absolute atomic E-state index is 11.1. The maximum Gasteiger partial charge on any atom is 1.00 e. The first-order chi connectivity index (χ1) is 8.55. The molecule has 2 N–H and O–H groups in total. The van der Waals surface area contributed by atoms with Crippen LogP contribution in [0.15, 0.2) is 12.1 Å². The number of carboxylic acid groups (broad SMARTS) is 2. The van der Waals surface area contributed by atoms with E-state index in [-0.39, 0.29) is 58.2 Å². The second kappa shape index (κ2) is 7.18. The first-order valence-electron chi connectivity index (χ1n) is 6.13. The van der Waals surface area contributed by atoms with Crippen molar-refractivity contribution in [3.05, 3.63) is 34.4 Å². The van der Waals surface area contributed by atoms with Gasteiger partial charge in [-0.1, -0.05) is 32.9 Å². The monoisotopic (exact) mass is 304 g/mol. The Morgan fingerprint density at radius 1 is 1.05 bits per heavy atom. The van der Waals surface area contributed by atoms with Gasteiger partial charge in [-0.15, -0.1) is 0 Å². The molecule has 20 heavy (non-hydrogen) atoms. The van der Waals surface area contributed by atoms with E-state index in [1.165, 1.54) is 0 Å². The molecule has 0 aliphatic carbocycles. The van der Waals surface area contributed by atoms with Crippen LogP contribution >= 0.6 is 0 Å². The minimum Gasteiger partial charge on any atom is -1.00 e. The fraction of sp³-hybridized carbons (Fsp3) is 0.467. The van der Waals surface area contributed by atoms with E-state index in [4.69, 9.17) is 10.2 Å². The Morgan fingerprint density at radius 3 is 1.65 bits per heavy atom. The van der Waals surface area contributed by atoms with Crippen molar-refractivity contribution in [1.82, 2.24) is 0 Å². The van der Waals surface area contributed by atoms with E-state index in [0.717, 1.165) is 16.7 Å². The molecular weight excluding hydrogens is 283 g/mol. The zero-order valence-corrected chi connectivity index (χ0v) is 16.1. The zero-order valence-electron chi connectivity index (χ0n) is 13.9. The Balaban J connectivity index is 0. The molecule has 0 saturated carbocycles. The number of aliphatic carboxylic acids is 2. The van der Waals surface area contributed by atoms with Crippen LogP contribution in [0.2, 0.25) is 0 Å². The summed E-state index contributed by atoms with van der Waals surface area (Å²) in [7, 11) is 0. The third-order valence-electron chi connectivity index (χ3n) is 3.13. The molecule has 0 aliphatic rings. The molecule has 0 atom stereocenters. The number of carboxylic acids is 2. The molecule has 0 aromatic heterocycles. The molecule has 0 unspecified atom stereocenters. The van der Waals surface area contributed by atoms with Crippen LogP contribution in [0, 0.1) is 13.8 Å². The van der Waals surface area contributed by atoms with Gasteiger partial charge in [0.15, 0.2) is 5.92 Å². The van der Waals surface area contributed by atoms with Gasteiger partial charge < -0.3 is 11.6 Å². The molecule has 1 aromatic carbocycles. The quantitative estimate of drug-likeness (QED) is 0.607. The van der Waals surface area contributed by atoms with E-state index in [1.807, 2.05) is 13.8 Å². The predicted molar refractivity (Wildman–Crippen MR) is 73.7 cm³/mol. The van der Waals surface area contributed by atoms with Crippen molar-refractivity contribution in [2.45, 2.75) is 46.0 Å². The van der Waals surface area contributed by atoms with Crippen molar-refractivity contribution < 1.29 is 72.6 Å². The number of benzene rings is 1. The fourth-order valence-electron chi connectivity index (χ4n) is 2.74. The van der Waals surface area contributed by atoms with E-state index in [9.17, 15) is 9.59 Å². The first-order valence-corrected chi connectivity index (χ1v) is 6.13. The summed E-state index contributed by atoms with van der Waals surface area (Å²) in [5, 5.41) is 18.1. The third kappa shape index (κ3) is 4.40. The van der Waals surface area contributed by atoms with E-state index < -0.39 is 17.9 Å². The minimum absolute atomic E-state index is 0. The molecule has 4 nitrogen and oxygen atoms in total. The number of hydrogen-bond donors (Lipinski definition) is 2. The van der Waals surface area contributed by atoms with Crippen molar-refractivity contribution in [3.8, 4) is 0 Å². The number of hydrogen-bond acceptors (Lipinski definition) is 2. The Bertz CT molecular complexity index is 498. The van der Waals surface area contributed by atoms with Gasteiger partial charge in [0.2, 0.25) is 0 Å². The molecule has 1 aromatic rings. The zero-order chi connectivity index (χ0) is 15.0. The smallest absolute Gasteiger partial charge is 1.00 e. The average molecular weight is 304 g/mol. The average Bonchev–Trinajstić information content (AvgIpc) is 2.11. The van der Waals surface area contributed by atoms with Crippen molar-refractivity contribution in [1.29, 1.82) is 0 Å². The van der Waals surface area contributed by atoms with Crippen LogP contribution in [0.5, 0.6) is 0 Å². The molecule has 0 radical (unpaired) electrons. The second-order valence-electron chi connectivity index (χ2n) is 5.89. The Hall–Kier alpha value is -0.204. The van der Waals surface area contributed by atoms with Gasteiger partial charge in [-0.2, -0.15) is 0 Å². The third-order valence-corrected chi connectivity index (χ3v) is 3.13. The largest absolute Gasteiger partial charge is 1.00 e. The molecule has 1 rings (SSSR count). The van der Waals surface area contributed by atoms with Crippen molar-refractivity contribution in [2.24, 2.45) is 0 Å². The van der Waals surface area contributed by atoms with E-state index >= 15 is 0 Å². The van der Waals surface area contributed by atoms with E-state index in [0.29, 0.717) is 5.56 Å². The van der Waals surface area contributed by atoms with Crippen LogP contribution in [0.3, 0.4) is 0 Å². The van der Waals surface area contributed by atoms with Gasteiger partial charge in [0, 0.05) is 0 Å². The normalized spacial score (nSPS) is 11.1. The van der Waals surface area contributed by atoms with Crippen LogP contribution in [0.1, 0.15) is 50.4 Å². The fourth-order valence-corrected chi connectivity index (χ4v) is 2.74. The molecule has 106 valence electrons. The Kier molecular flexibility index (Phi) is 7.11. The van der Waals surface area contributed by atoms with E-state index in [1.54, 1.807) is 12.1 Å². The van der Waals surface area contributed by atoms with Crippen molar-refractivity contribution >= 4 is 11.9 Å². The molecule has 0 spiro atoms. The van der Waals surface area contributed by atoms with Gasteiger partial charge in [0.1, 0.15) is 0 Å². The summed E-state index contributed by atoms with van der Waals surface area (Å²) in [6, 6.07) is 3.33. The number of rotatable bonds is 3. The maximum atomic E-state index is 11.1. The molecular formula is C15H21KO4. The molecule has 0 bridgehead atoms. The topological polar surface area (TPSA) is 74.6 Å². The standard InChI is InChI=1S/C15H20O4.K.H/c1-8-6-10(11(13(16)17)14(18)19)7-9(2)12(8)15(3,4)5;;/h6-7,11H,1-5H3,(H,16,17)(H,18,19);;/q;+1;-1. The number of carbonyl (C=O) groups is 2. The SMILES string of the molecule is Cc1cc(C(C(=O)O)C(=O)O)cc(C)c1C(C)(C)C.[H-].[K+]. The van der Waals surface area contributed by atoms with Crippen LogP contribution < -0.4 is 51.4 Å². The summed E-state index contributed by atoms with van der Waals surface area (Å²) in [5.74, 6) is -4.18. The van der Waals surface area contributed by atoms with Crippen molar-refractivity contribution in [3.63, 3.8) is 0 Å². The van der Waals surface area contributed by atoms with Gasteiger partial charge in [-0.25, -0.2) is 0 Å². The van der Waals surface area contributed by atoms with Gasteiger partial charge in [-0.3, -0.25) is 9.59 Å².